The van der Waals surface area contributed by atoms with Gasteiger partial charge < -0.3 is 10.6 Å². The highest BCUT2D eigenvalue weighted by atomic mass is 79.9. The third kappa shape index (κ3) is 3.56. The summed E-state index contributed by atoms with van der Waals surface area (Å²) in [6, 6.07) is 7.23. The predicted octanol–water partition coefficient (Wildman–Crippen LogP) is 1.91. The lowest BCUT2D eigenvalue weighted by Gasteiger charge is -2.05. The standard InChI is InChI=1S/C12H13BrN2O2/c13-7-11(16)14-9-3-1-8(2-4-9)12(17)15-10-5-6-10/h1-4,10H,5-7H2,(H,14,16)(H,15,17). The van der Waals surface area contributed by atoms with Gasteiger partial charge in [-0.1, -0.05) is 15.9 Å². The van der Waals surface area contributed by atoms with Crippen molar-refractivity contribution in [2.75, 3.05) is 10.6 Å². The smallest absolute Gasteiger partial charge is 0.251 e. The van der Waals surface area contributed by atoms with Crippen LogP contribution in [-0.2, 0) is 4.79 Å². The van der Waals surface area contributed by atoms with Crippen LogP contribution in [0, 0.1) is 0 Å². The molecular weight excluding hydrogens is 284 g/mol. The van der Waals surface area contributed by atoms with Crippen LogP contribution in [0.4, 0.5) is 5.69 Å². The van der Waals surface area contributed by atoms with Gasteiger partial charge in [0.1, 0.15) is 0 Å². The molecule has 90 valence electrons. The van der Waals surface area contributed by atoms with Crippen molar-refractivity contribution in [2.24, 2.45) is 0 Å². The molecular formula is C12H13BrN2O2. The summed E-state index contributed by atoms with van der Waals surface area (Å²) in [6.07, 6.45) is 2.15. The third-order valence-electron chi connectivity index (χ3n) is 2.46. The second-order valence-corrected chi connectivity index (χ2v) is 4.57. The fraction of sp³-hybridized carbons (Fsp3) is 0.333. The molecule has 0 atom stereocenters. The summed E-state index contributed by atoms with van der Waals surface area (Å²) < 4.78 is 0. The molecule has 1 fully saturated rings. The van der Waals surface area contributed by atoms with Crippen LogP contribution < -0.4 is 10.6 Å². The molecule has 0 spiro atoms. The second-order valence-electron chi connectivity index (χ2n) is 4.01. The van der Waals surface area contributed by atoms with Gasteiger partial charge in [0.05, 0.1) is 5.33 Å². The first-order valence-electron chi connectivity index (χ1n) is 5.46. The Balaban J connectivity index is 1.96. The first-order valence-corrected chi connectivity index (χ1v) is 6.58. The number of alkyl halides is 1. The van der Waals surface area contributed by atoms with Crippen molar-refractivity contribution in [1.29, 1.82) is 0 Å². The Labute approximate surface area is 108 Å². The quantitative estimate of drug-likeness (QED) is 0.834. The number of nitrogens with one attached hydrogen (secondary N) is 2. The molecule has 1 saturated carbocycles. The third-order valence-corrected chi connectivity index (χ3v) is 2.97. The van der Waals surface area contributed by atoms with Crippen molar-refractivity contribution in [3.05, 3.63) is 29.8 Å². The lowest BCUT2D eigenvalue weighted by Crippen LogP contribution is -2.25. The number of anilines is 1. The van der Waals surface area contributed by atoms with Gasteiger partial charge in [0, 0.05) is 17.3 Å². The van der Waals surface area contributed by atoms with Crippen molar-refractivity contribution in [3.63, 3.8) is 0 Å². The minimum atomic E-state index is -0.111. The Hall–Kier alpha value is -1.36. The zero-order chi connectivity index (χ0) is 12.3. The summed E-state index contributed by atoms with van der Waals surface area (Å²) in [6.45, 7) is 0. The molecule has 2 N–H and O–H groups in total. The van der Waals surface area contributed by atoms with Crippen molar-refractivity contribution < 1.29 is 9.59 Å². The summed E-state index contributed by atoms with van der Waals surface area (Å²) in [7, 11) is 0. The van der Waals surface area contributed by atoms with Gasteiger partial charge in [0.15, 0.2) is 0 Å². The van der Waals surface area contributed by atoms with E-state index in [1.165, 1.54) is 0 Å². The van der Waals surface area contributed by atoms with E-state index >= 15 is 0 Å². The van der Waals surface area contributed by atoms with Crippen LogP contribution in [0.5, 0.6) is 0 Å². The molecule has 0 bridgehead atoms. The van der Waals surface area contributed by atoms with E-state index in [9.17, 15) is 9.59 Å². The summed E-state index contributed by atoms with van der Waals surface area (Å²) >= 11 is 3.07. The molecule has 0 radical (unpaired) electrons. The Morgan fingerprint density at radius 3 is 2.41 bits per heavy atom. The number of carbonyl (C=O) groups is 2. The molecule has 0 saturated heterocycles. The fourth-order valence-corrected chi connectivity index (χ4v) is 1.54. The van der Waals surface area contributed by atoms with Crippen molar-refractivity contribution >= 4 is 33.4 Å². The molecule has 2 rings (SSSR count). The average molecular weight is 297 g/mol. The van der Waals surface area contributed by atoms with Crippen LogP contribution in [0.2, 0.25) is 0 Å². The molecule has 1 aliphatic rings. The van der Waals surface area contributed by atoms with E-state index < -0.39 is 0 Å². The van der Waals surface area contributed by atoms with Gasteiger partial charge in [-0.25, -0.2) is 0 Å². The van der Waals surface area contributed by atoms with Crippen LogP contribution in [0.3, 0.4) is 0 Å². The van der Waals surface area contributed by atoms with E-state index in [1.54, 1.807) is 24.3 Å². The molecule has 1 aromatic carbocycles. The zero-order valence-corrected chi connectivity index (χ0v) is 10.8. The van der Waals surface area contributed by atoms with Crippen molar-refractivity contribution in [2.45, 2.75) is 18.9 Å². The van der Waals surface area contributed by atoms with Crippen LogP contribution in [0.15, 0.2) is 24.3 Å². The highest BCUT2D eigenvalue weighted by Gasteiger charge is 2.23. The monoisotopic (exact) mass is 296 g/mol. The van der Waals surface area contributed by atoms with Crippen LogP contribution >= 0.6 is 15.9 Å². The maximum absolute atomic E-state index is 11.7. The van der Waals surface area contributed by atoms with E-state index in [0.29, 0.717) is 17.3 Å². The van der Waals surface area contributed by atoms with Crippen LogP contribution in [-0.4, -0.2) is 23.2 Å². The maximum atomic E-state index is 11.7. The molecule has 5 heteroatoms. The molecule has 17 heavy (non-hydrogen) atoms. The van der Waals surface area contributed by atoms with Gasteiger partial charge in [-0.3, -0.25) is 9.59 Å². The summed E-state index contributed by atoms with van der Waals surface area (Å²) in [5.41, 5.74) is 1.31. The molecule has 4 nitrogen and oxygen atoms in total. The average Bonchev–Trinajstić information content (AvgIpc) is 3.13. The summed E-state index contributed by atoms with van der Waals surface area (Å²) in [5.74, 6) is -0.161. The highest BCUT2D eigenvalue weighted by Crippen LogP contribution is 2.19. The van der Waals surface area contributed by atoms with Crippen LogP contribution in [0.25, 0.3) is 0 Å². The normalized spacial score (nSPS) is 14.2. The maximum Gasteiger partial charge on any atom is 0.251 e. The second kappa shape index (κ2) is 5.31. The van der Waals surface area contributed by atoms with Crippen LogP contribution in [0.1, 0.15) is 23.2 Å². The van der Waals surface area contributed by atoms with Crippen molar-refractivity contribution in [3.8, 4) is 0 Å². The molecule has 1 aliphatic carbocycles. The Bertz CT molecular complexity index is 427. The predicted molar refractivity (Wildman–Crippen MR) is 69.4 cm³/mol. The van der Waals surface area contributed by atoms with Gasteiger partial charge in [0.25, 0.3) is 5.91 Å². The number of carbonyl (C=O) groups excluding carboxylic acids is 2. The summed E-state index contributed by atoms with van der Waals surface area (Å²) in [5, 5.41) is 5.86. The van der Waals surface area contributed by atoms with E-state index in [0.717, 1.165) is 12.8 Å². The number of halogens is 1. The van der Waals surface area contributed by atoms with E-state index in [1.807, 2.05) is 0 Å². The molecule has 2 amide bonds. The van der Waals surface area contributed by atoms with E-state index in [2.05, 4.69) is 26.6 Å². The van der Waals surface area contributed by atoms with Gasteiger partial charge >= 0.3 is 0 Å². The minimum Gasteiger partial charge on any atom is -0.349 e. The first kappa shape index (κ1) is 12.1. The lowest BCUT2D eigenvalue weighted by atomic mass is 10.2. The minimum absolute atomic E-state index is 0.0501. The largest absolute Gasteiger partial charge is 0.349 e. The summed E-state index contributed by atoms with van der Waals surface area (Å²) in [4.78, 5) is 22.8. The highest BCUT2D eigenvalue weighted by molar-refractivity contribution is 9.09. The van der Waals surface area contributed by atoms with Crippen molar-refractivity contribution in [1.82, 2.24) is 5.32 Å². The molecule has 0 unspecified atom stereocenters. The Morgan fingerprint density at radius 1 is 1.24 bits per heavy atom. The van der Waals surface area contributed by atoms with Gasteiger partial charge in [-0.05, 0) is 37.1 Å². The SMILES string of the molecule is O=C(CBr)Nc1ccc(C(=O)NC2CC2)cc1. The fourth-order valence-electron chi connectivity index (χ4n) is 1.40. The topological polar surface area (TPSA) is 58.2 Å². The van der Waals surface area contributed by atoms with Gasteiger partial charge in [0.2, 0.25) is 5.91 Å². The van der Waals surface area contributed by atoms with E-state index in [-0.39, 0.29) is 17.1 Å². The number of rotatable bonds is 4. The molecule has 0 heterocycles. The molecule has 0 aromatic heterocycles. The van der Waals surface area contributed by atoms with Gasteiger partial charge in [-0.2, -0.15) is 0 Å². The molecule has 0 aliphatic heterocycles. The number of hydrogen-bond donors (Lipinski definition) is 2. The number of benzene rings is 1. The zero-order valence-electron chi connectivity index (χ0n) is 9.20. The molecule has 1 aromatic rings. The Kier molecular flexibility index (Phi) is 3.78. The van der Waals surface area contributed by atoms with E-state index in [4.69, 9.17) is 0 Å². The number of amides is 2. The lowest BCUT2D eigenvalue weighted by molar-refractivity contribution is -0.113. The number of hydrogen-bond acceptors (Lipinski definition) is 2. The van der Waals surface area contributed by atoms with Gasteiger partial charge in [-0.15, -0.1) is 0 Å². The Morgan fingerprint density at radius 2 is 1.88 bits per heavy atom. The first-order chi connectivity index (χ1) is 8.19.